The van der Waals surface area contributed by atoms with Crippen molar-refractivity contribution < 1.29 is 18.4 Å². The zero-order valence-corrected chi connectivity index (χ0v) is 12.1. The summed E-state index contributed by atoms with van der Waals surface area (Å²) in [6.07, 6.45) is 1.13. The third-order valence-corrected chi connectivity index (χ3v) is 3.97. The molecule has 1 aromatic heterocycles. The van der Waals surface area contributed by atoms with Crippen LogP contribution in [0.2, 0.25) is 0 Å². The fraction of sp³-hybridized carbons (Fsp3) is 0.700. The Morgan fingerprint density at radius 3 is 2.42 bits per heavy atom. The summed E-state index contributed by atoms with van der Waals surface area (Å²) in [5, 5.41) is 18.2. The summed E-state index contributed by atoms with van der Waals surface area (Å²) in [4.78, 5) is 13.8. The largest absolute Gasteiger partial charge is 0.397 e. The van der Waals surface area contributed by atoms with E-state index in [1.807, 2.05) is 0 Å². The van der Waals surface area contributed by atoms with Crippen molar-refractivity contribution in [1.29, 1.82) is 0 Å². The number of nitro groups is 1. The minimum Gasteiger partial charge on any atom is -0.397 e. The molecule has 1 rings (SSSR count). The standard InChI is InChI=1S/C8H13N3O4S.C2H6O/c1-3-16(14,15)5-4-10-7(2)9-6-8(10)11(12)13;1-2-3/h6H,3-5H2,1-2H3;3H,2H2,1H3. The Hall–Kier alpha value is -1.48. The predicted molar refractivity (Wildman–Crippen MR) is 70.7 cm³/mol. The number of aliphatic hydroxyl groups is 1. The molecule has 0 aromatic carbocycles. The molecule has 0 fully saturated rings. The molecule has 1 heterocycles. The van der Waals surface area contributed by atoms with Crippen LogP contribution in [0.3, 0.4) is 0 Å². The Kier molecular flexibility index (Phi) is 7.23. The van der Waals surface area contributed by atoms with E-state index in [2.05, 4.69) is 4.98 Å². The second-order valence-electron chi connectivity index (χ2n) is 3.62. The van der Waals surface area contributed by atoms with Crippen molar-refractivity contribution in [3.63, 3.8) is 0 Å². The molecule has 1 aromatic rings. The number of imidazole rings is 1. The van der Waals surface area contributed by atoms with Crippen LogP contribution in [0.1, 0.15) is 19.7 Å². The molecule has 0 bridgehead atoms. The van der Waals surface area contributed by atoms with Gasteiger partial charge in [0.25, 0.3) is 0 Å². The molecule has 0 spiro atoms. The molecular formula is C10H19N3O5S. The SMILES string of the molecule is CCO.CCS(=O)(=O)CCn1c([N+](=O)[O-])cnc1C. The van der Waals surface area contributed by atoms with E-state index in [1.54, 1.807) is 20.8 Å². The Morgan fingerprint density at radius 1 is 1.47 bits per heavy atom. The maximum absolute atomic E-state index is 11.3. The smallest absolute Gasteiger partial charge is 0.342 e. The van der Waals surface area contributed by atoms with Crippen LogP contribution in [-0.4, -0.2) is 46.1 Å². The van der Waals surface area contributed by atoms with E-state index >= 15 is 0 Å². The average molecular weight is 293 g/mol. The third kappa shape index (κ3) is 5.79. The van der Waals surface area contributed by atoms with Gasteiger partial charge < -0.3 is 15.2 Å². The second kappa shape index (κ2) is 7.85. The topological polar surface area (TPSA) is 115 Å². The van der Waals surface area contributed by atoms with Crippen molar-refractivity contribution in [1.82, 2.24) is 9.55 Å². The number of aromatic nitrogens is 2. The van der Waals surface area contributed by atoms with Crippen LogP contribution < -0.4 is 0 Å². The molecule has 19 heavy (non-hydrogen) atoms. The summed E-state index contributed by atoms with van der Waals surface area (Å²) < 4.78 is 23.9. The van der Waals surface area contributed by atoms with Crippen LogP contribution in [0.4, 0.5) is 5.82 Å². The zero-order valence-electron chi connectivity index (χ0n) is 11.2. The van der Waals surface area contributed by atoms with Gasteiger partial charge in [-0.25, -0.2) is 18.0 Å². The quantitative estimate of drug-likeness (QED) is 0.625. The number of aliphatic hydroxyl groups excluding tert-OH is 1. The van der Waals surface area contributed by atoms with Crippen molar-refractivity contribution in [3.05, 3.63) is 22.1 Å². The molecule has 0 aliphatic heterocycles. The maximum atomic E-state index is 11.3. The highest BCUT2D eigenvalue weighted by Crippen LogP contribution is 2.13. The molecule has 1 N–H and O–H groups in total. The number of nitrogens with zero attached hydrogens (tertiary/aromatic N) is 3. The van der Waals surface area contributed by atoms with Gasteiger partial charge in [-0.05, 0) is 11.8 Å². The lowest BCUT2D eigenvalue weighted by atomic mass is 10.6. The number of hydrogen-bond acceptors (Lipinski definition) is 6. The van der Waals surface area contributed by atoms with E-state index in [0.717, 1.165) is 6.20 Å². The minimum absolute atomic E-state index is 0.0363. The van der Waals surface area contributed by atoms with Gasteiger partial charge in [0, 0.05) is 19.3 Å². The van der Waals surface area contributed by atoms with Gasteiger partial charge in [-0.2, -0.15) is 0 Å². The van der Waals surface area contributed by atoms with Crippen molar-refractivity contribution in [2.45, 2.75) is 27.3 Å². The van der Waals surface area contributed by atoms with E-state index in [0.29, 0.717) is 5.82 Å². The molecule has 0 aliphatic carbocycles. The van der Waals surface area contributed by atoms with Gasteiger partial charge in [0.15, 0.2) is 15.7 Å². The van der Waals surface area contributed by atoms with E-state index in [9.17, 15) is 18.5 Å². The van der Waals surface area contributed by atoms with Crippen molar-refractivity contribution >= 4 is 15.7 Å². The molecule has 110 valence electrons. The van der Waals surface area contributed by atoms with E-state index in [1.165, 1.54) is 4.57 Å². The fourth-order valence-corrected chi connectivity index (χ4v) is 2.00. The highest BCUT2D eigenvalue weighted by Gasteiger charge is 2.19. The van der Waals surface area contributed by atoms with Gasteiger partial charge in [-0.15, -0.1) is 0 Å². The third-order valence-electron chi connectivity index (χ3n) is 2.29. The van der Waals surface area contributed by atoms with Crippen LogP contribution in [0.25, 0.3) is 0 Å². The number of rotatable bonds is 5. The molecule has 0 saturated carbocycles. The molecule has 0 saturated heterocycles. The summed E-state index contributed by atoms with van der Waals surface area (Å²) in [5.41, 5.74) is 0. The highest BCUT2D eigenvalue weighted by atomic mass is 32.2. The van der Waals surface area contributed by atoms with Gasteiger partial charge in [0.1, 0.15) is 12.7 Å². The van der Waals surface area contributed by atoms with Gasteiger partial charge in [0.2, 0.25) is 0 Å². The molecular weight excluding hydrogens is 274 g/mol. The van der Waals surface area contributed by atoms with Gasteiger partial charge in [0.05, 0.1) is 5.75 Å². The van der Waals surface area contributed by atoms with Gasteiger partial charge >= 0.3 is 5.82 Å². The number of aryl methyl sites for hydroxylation is 1. The first kappa shape index (κ1) is 17.5. The molecule has 9 heteroatoms. The van der Waals surface area contributed by atoms with Crippen LogP contribution in [0.5, 0.6) is 0 Å². The van der Waals surface area contributed by atoms with Crippen molar-refractivity contribution in [2.75, 3.05) is 18.1 Å². The Balaban J connectivity index is 0.000000982. The zero-order chi connectivity index (χ0) is 15.1. The fourth-order valence-electron chi connectivity index (χ4n) is 1.25. The number of hydrogen-bond donors (Lipinski definition) is 1. The predicted octanol–water partition coefficient (Wildman–Crippen LogP) is 0.533. The first-order chi connectivity index (χ1) is 8.79. The van der Waals surface area contributed by atoms with Crippen LogP contribution >= 0.6 is 0 Å². The van der Waals surface area contributed by atoms with Crippen molar-refractivity contribution in [3.8, 4) is 0 Å². The van der Waals surface area contributed by atoms with E-state index in [4.69, 9.17) is 5.11 Å². The van der Waals surface area contributed by atoms with Crippen LogP contribution in [0, 0.1) is 17.0 Å². The first-order valence-electron chi connectivity index (χ1n) is 5.76. The summed E-state index contributed by atoms with van der Waals surface area (Å²) in [6.45, 7) is 5.15. The second-order valence-corrected chi connectivity index (χ2v) is 6.10. The molecule has 0 unspecified atom stereocenters. The monoisotopic (exact) mass is 293 g/mol. The lowest BCUT2D eigenvalue weighted by molar-refractivity contribution is -0.392. The lowest BCUT2D eigenvalue weighted by Crippen LogP contribution is -2.16. The van der Waals surface area contributed by atoms with Crippen LogP contribution in [0.15, 0.2) is 6.20 Å². The molecule has 0 aliphatic rings. The molecule has 0 amide bonds. The summed E-state index contributed by atoms with van der Waals surface area (Å²) in [7, 11) is -3.13. The Labute approximate surface area is 112 Å². The van der Waals surface area contributed by atoms with Crippen molar-refractivity contribution in [2.24, 2.45) is 0 Å². The summed E-state index contributed by atoms with van der Waals surface area (Å²) in [5.74, 6) is 0.192. The molecule has 0 atom stereocenters. The normalized spacial score (nSPS) is 10.7. The Morgan fingerprint density at radius 2 is 2.00 bits per heavy atom. The van der Waals surface area contributed by atoms with E-state index < -0.39 is 14.8 Å². The maximum Gasteiger partial charge on any atom is 0.342 e. The lowest BCUT2D eigenvalue weighted by Gasteiger charge is -2.02. The summed E-state index contributed by atoms with van der Waals surface area (Å²) >= 11 is 0. The van der Waals surface area contributed by atoms with Gasteiger partial charge in [-0.3, -0.25) is 0 Å². The highest BCUT2D eigenvalue weighted by molar-refractivity contribution is 7.91. The van der Waals surface area contributed by atoms with E-state index in [-0.39, 0.29) is 30.5 Å². The first-order valence-corrected chi connectivity index (χ1v) is 7.59. The minimum atomic E-state index is -3.13. The number of sulfone groups is 1. The Bertz CT molecular complexity index is 509. The molecule has 0 radical (unpaired) electrons. The van der Waals surface area contributed by atoms with Gasteiger partial charge in [-0.1, -0.05) is 6.92 Å². The van der Waals surface area contributed by atoms with Crippen LogP contribution in [-0.2, 0) is 16.4 Å². The average Bonchev–Trinajstić information content (AvgIpc) is 2.69. The summed E-state index contributed by atoms with van der Waals surface area (Å²) in [6, 6.07) is 0. The molecule has 8 nitrogen and oxygen atoms in total.